The zero-order chi connectivity index (χ0) is 14.1. The van der Waals surface area contributed by atoms with Crippen LogP contribution in [0.1, 0.15) is 26.3 Å². The van der Waals surface area contributed by atoms with Crippen LogP contribution in [0.2, 0.25) is 5.02 Å². The summed E-state index contributed by atoms with van der Waals surface area (Å²) in [5.41, 5.74) is 1.45. The number of benzene rings is 2. The van der Waals surface area contributed by atoms with E-state index >= 15 is 0 Å². The highest BCUT2D eigenvalue weighted by Crippen LogP contribution is 2.34. The lowest BCUT2D eigenvalue weighted by Gasteiger charge is -2.10. The molecule has 0 aromatic heterocycles. The van der Waals surface area contributed by atoms with Gasteiger partial charge in [0, 0.05) is 0 Å². The lowest BCUT2D eigenvalue weighted by Crippen LogP contribution is -2.20. The van der Waals surface area contributed by atoms with E-state index < -0.39 is 11.8 Å². The van der Waals surface area contributed by atoms with Crippen molar-refractivity contribution in [3.05, 3.63) is 64.2 Å². The summed E-state index contributed by atoms with van der Waals surface area (Å²) in [4.78, 5) is 23.4. The minimum absolute atomic E-state index is 0.207. The molecule has 1 N–H and O–H groups in total. The van der Waals surface area contributed by atoms with E-state index in [0.29, 0.717) is 10.6 Å². The quantitative estimate of drug-likeness (QED) is 0.883. The van der Waals surface area contributed by atoms with Gasteiger partial charge in [0.05, 0.1) is 16.1 Å². The molecule has 2 aromatic carbocycles. The molecule has 100 valence electrons. The van der Waals surface area contributed by atoms with Crippen LogP contribution < -0.4 is 10.1 Å². The first-order chi connectivity index (χ1) is 9.66. The third-order valence-electron chi connectivity index (χ3n) is 3.03. The third-order valence-corrected chi connectivity index (χ3v) is 3.33. The highest BCUT2D eigenvalue weighted by Gasteiger charge is 2.31. The maximum atomic E-state index is 11.8. The molecular formula is C15H10ClNO3. The molecule has 1 aliphatic rings. The third kappa shape index (κ3) is 2.14. The molecule has 0 atom stereocenters. The van der Waals surface area contributed by atoms with E-state index in [0.717, 1.165) is 5.56 Å². The molecule has 0 saturated carbocycles. The number of imide groups is 1. The van der Waals surface area contributed by atoms with Crippen molar-refractivity contribution in [3.63, 3.8) is 0 Å². The minimum Gasteiger partial charge on any atom is -0.486 e. The molecule has 2 amide bonds. The molecule has 0 unspecified atom stereocenters. The summed E-state index contributed by atoms with van der Waals surface area (Å²) in [7, 11) is 0. The summed E-state index contributed by atoms with van der Waals surface area (Å²) < 4.78 is 5.64. The number of halogens is 1. The molecule has 5 heteroatoms. The number of ether oxygens (including phenoxy) is 1. The smallest absolute Gasteiger partial charge is 0.262 e. The van der Waals surface area contributed by atoms with E-state index in [4.69, 9.17) is 16.3 Å². The summed E-state index contributed by atoms with van der Waals surface area (Å²) in [6, 6.07) is 12.6. The van der Waals surface area contributed by atoms with Crippen LogP contribution >= 0.6 is 11.6 Å². The Morgan fingerprint density at radius 3 is 2.50 bits per heavy atom. The van der Waals surface area contributed by atoms with Crippen molar-refractivity contribution >= 4 is 23.4 Å². The van der Waals surface area contributed by atoms with Crippen LogP contribution in [0.5, 0.6) is 5.75 Å². The maximum Gasteiger partial charge on any atom is 0.262 e. The minimum atomic E-state index is -0.476. The Labute approximate surface area is 120 Å². The van der Waals surface area contributed by atoms with Gasteiger partial charge in [-0.05, 0) is 17.7 Å². The van der Waals surface area contributed by atoms with E-state index in [-0.39, 0.29) is 17.9 Å². The van der Waals surface area contributed by atoms with Gasteiger partial charge in [-0.3, -0.25) is 14.9 Å². The van der Waals surface area contributed by atoms with E-state index in [2.05, 4.69) is 5.32 Å². The Morgan fingerprint density at radius 1 is 1.00 bits per heavy atom. The van der Waals surface area contributed by atoms with Gasteiger partial charge in [0.25, 0.3) is 11.8 Å². The van der Waals surface area contributed by atoms with Gasteiger partial charge in [0.1, 0.15) is 6.61 Å². The Hall–Kier alpha value is -2.33. The SMILES string of the molecule is O=C1NC(=O)c2c1ccc(Cl)c2OCc1ccccc1. The monoisotopic (exact) mass is 287 g/mol. The van der Waals surface area contributed by atoms with E-state index in [9.17, 15) is 9.59 Å². The van der Waals surface area contributed by atoms with Crippen LogP contribution in [0.25, 0.3) is 0 Å². The van der Waals surface area contributed by atoms with Gasteiger partial charge in [0.15, 0.2) is 5.75 Å². The lowest BCUT2D eigenvalue weighted by molar-refractivity contribution is 0.0878. The molecule has 20 heavy (non-hydrogen) atoms. The average Bonchev–Trinajstić information content (AvgIpc) is 2.74. The second-order valence-electron chi connectivity index (χ2n) is 4.36. The van der Waals surface area contributed by atoms with Gasteiger partial charge < -0.3 is 4.74 Å². The fourth-order valence-corrected chi connectivity index (χ4v) is 2.29. The van der Waals surface area contributed by atoms with Crippen LogP contribution in [-0.2, 0) is 6.61 Å². The Bertz CT molecular complexity index is 698. The number of hydrogen-bond donors (Lipinski definition) is 1. The summed E-state index contributed by atoms with van der Waals surface area (Å²) >= 11 is 6.07. The van der Waals surface area contributed by atoms with Crippen LogP contribution in [-0.4, -0.2) is 11.8 Å². The number of nitrogens with one attached hydrogen (secondary N) is 1. The molecule has 0 fully saturated rings. The molecule has 3 rings (SSSR count). The van der Waals surface area contributed by atoms with Gasteiger partial charge in [-0.2, -0.15) is 0 Å². The first-order valence-corrected chi connectivity index (χ1v) is 6.39. The molecular weight excluding hydrogens is 278 g/mol. The number of fused-ring (bicyclic) bond motifs is 1. The number of carbonyl (C=O) groups excluding carboxylic acids is 2. The Morgan fingerprint density at radius 2 is 1.75 bits per heavy atom. The number of rotatable bonds is 3. The zero-order valence-corrected chi connectivity index (χ0v) is 11.1. The molecule has 2 aromatic rings. The van der Waals surface area contributed by atoms with Gasteiger partial charge in [0.2, 0.25) is 0 Å². The second kappa shape index (κ2) is 4.98. The van der Waals surface area contributed by atoms with Crippen molar-refractivity contribution in [3.8, 4) is 5.75 Å². The zero-order valence-electron chi connectivity index (χ0n) is 10.4. The van der Waals surface area contributed by atoms with E-state index in [1.165, 1.54) is 6.07 Å². The van der Waals surface area contributed by atoms with Crippen molar-refractivity contribution in [2.75, 3.05) is 0 Å². The molecule has 4 nitrogen and oxygen atoms in total. The number of amides is 2. The van der Waals surface area contributed by atoms with Crippen molar-refractivity contribution in [1.82, 2.24) is 5.32 Å². The van der Waals surface area contributed by atoms with Gasteiger partial charge in [-0.1, -0.05) is 41.9 Å². The molecule has 0 saturated heterocycles. The second-order valence-corrected chi connectivity index (χ2v) is 4.76. The Balaban J connectivity index is 1.94. The predicted octanol–water partition coefficient (Wildman–Crippen LogP) is 2.80. The normalized spacial score (nSPS) is 13.1. The molecule has 0 aliphatic carbocycles. The first kappa shape index (κ1) is 12.7. The summed E-state index contributed by atoms with van der Waals surface area (Å²) in [6.07, 6.45) is 0. The topological polar surface area (TPSA) is 55.4 Å². The number of carbonyl (C=O) groups is 2. The average molecular weight is 288 g/mol. The largest absolute Gasteiger partial charge is 0.486 e. The highest BCUT2D eigenvalue weighted by molar-refractivity contribution is 6.34. The molecule has 0 bridgehead atoms. The van der Waals surface area contributed by atoms with E-state index in [1.54, 1.807) is 6.07 Å². The van der Waals surface area contributed by atoms with Crippen LogP contribution in [0.4, 0.5) is 0 Å². The van der Waals surface area contributed by atoms with Gasteiger partial charge in [-0.25, -0.2) is 0 Å². The van der Waals surface area contributed by atoms with Crippen molar-refractivity contribution in [2.24, 2.45) is 0 Å². The van der Waals surface area contributed by atoms with E-state index in [1.807, 2.05) is 30.3 Å². The molecule has 1 aliphatic heterocycles. The fourth-order valence-electron chi connectivity index (χ4n) is 2.08. The summed E-state index contributed by atoms with van der Waals surface area (Å²) in [5.74, 6) is -0.654. The standard InChI is InChI=1S/C15H10ClNO3/c16-11-7-6-10-12(15(19)17-14(10)18)13(11)20-8-9-4-2-1-3-5-9/h1-7H,8H2,(H,17,18,19). The van der Waals surface area contributed by atoms with Gasteiger partial charge >= 0.3 is 0 Å². The Kier molecular flexibility index (Phi) is 3.16. The number of hydrogen-bond acceptors (Lipinski definition) is 3. The lowest BCUT2D eigenvalue weighted by atomic mass is 10.1. The molecule has 0 spiro atoms. The molecule has 1 heterocycles. The first-order valence-electron chi connectivity index (χ1n) is 6.01. The van der Waals surface area contributed by atoms with Crippen molar-refractivity contribution in [1.29, 1.82) is 0 Å². The van der Waals surface area contributed by atoms with Crippen LogP contribution in [0, 0.1) is 0 Å². The van der Waals surface area contributed by atoms with Gasteiger partial charge in [-0.15, -0.1) is 0 Å². The maximum absolute atomic E-state index is 11.8. The summed E-state index contributed by atoms with van der Waals surface area (Å²) in [6.45, 7) is 0.276. The fraction of sp³-hybridized carbons (Fsp3) is 0.0667. The van der Waals surface area contributed by atoms with Crippen molar-refractivity contribution < 1.29 is 14.3 Å². The van der Waals surface area contributed by atoms with Crippen LogP contribution in [0.3, 0.4) is 0 Å². The summed E-state index contributed by atoms with van der Waals surface area (Å²) in [5, 5.41) is 2.54. The molecule has 0 radical (unpaired) electrons. The van der Waals surface area contributed by atoms with Crippen molar-refractivity contribution in [2.45, 2.75) is 6.61 Å². The predicted molar refractivity (Wildman–Crippen MR) is 74.0 cm³/mol. The van der Waals surface area contributed by atoms with Crippen LogP contribution in [0.15, 0.2) is 42.5 Å². The highest BCUT2D eigenvalue weighted by atomic mass is 35.5.